The monoisotopic (exact) mass is 266 g/mol. The topological polar surface area (TPSA) is 66.6 Å². The summed E-state index contributed by atoms with van der Waals surface area (Å²) in [6, 6.07) is 1.86. The fourth-order valence-corrected chi connectivity index (χ4v) is 2.36. The lowest BCUT2D eigenvalue weighted by Crippen LogP contribution is -2.38. The van der Waals surface area contributed by atoms with Crippen LogP contribution in [0.2, 0.25) is 0 Å². The number of aliphatic hydroxyl groups excluding tert-OH is 1. The normalized spacial score (nSPS) is 10.1. The van der Waals surface area contributed by atoms with Crippen molar-refractivity contribution >= 4 is 17.2 Å². The van der Waals surface area contributed by atoms with Gasteiger partial charge >= 0.3 is 0 Å². The van der Waals surface area contributed by atoms with Crippen LogP contribution >= 0.6 is 11.3 Å². The Morgan fingerprint density at radius 1 is 1.61 bits per heavy atom. The number of hydrogen-bond acceptors (Lipinski definition) is 4. The molecule has 0 radical (unpaired) electrons. The number of nitrogens with two attached hydrogens (primary N) is 1. The number of aliphatic hydroxyl groups is 1. The first-order valence-electron chi connectivity index (χ1n) is 5.80. The molecule has 0 fully saturated rings. The lowest BCUT2D eigenvalue weighted by molar-refractivity contribution is 0.0670. The van der Waals surface area contributed by atoms with Crippen LogP contribution in [0.5, 0.6) is 0 Å². The van der Waals surface area contributed by atoms with E-state index in [4.69, 9.17) is 10.8 Å². The SMILES string of the molecule is CC(C)N(CCO)C(=O)c1sccc1C#CCN. The van der Waals surface area contributed by atoms with Crippen LogP contribution in [0.3, 0.4) is 0 Å². The zero-order valence-electron chi connectivity index (χ0n) is 10.6. The number of thiophene rings is 1. The van der Waals surface area contributed by atoms with Crippen molar-refractivity contribution < 1.29 is 9.90 Å². The number of carbonyl (C=O) groups excluding carboxylic acids is 1. The minimum absolute atomic E-state index is 0.0426. The highest BCUT2D eigenvalue weighted by Crippen LogP contribution is 2.19. The Bertz CT molecular complexity index is 457. The fraction of sp³-hybridized carbons (Fsp3) is 0.462. The molecule has 0 aliphatic carbocycles. The molecule has 0 aromatic carbocycles. The standard InChI is InChI=1S/C13H18N2O2S/c1-10(2)15(7-8-16)13(17)12-11(4-3-6-14)5-9-18-12/h5,9-10,16H,6-8,14H2,1-2H3. The van der Waals surface area contributed by atoms with Gasteiger partial charge in [0, 0.05) is 18.2 Å². The maximum atomic E-state index is 12.3. The van der Waals surface area contributed by atoms with Gasteiger partial charge < -0.3 is 15.7 Å². The summed E-state index contributed by atoms with van der Waals surface area (Å²) in [5.74, 6) is 5.56. The maximum absolute atomic E-state index is 12.3. The quantitative estimate of drug-likeness (QED) is 0.796. The summed E-state index contributed by atoms with van der Waals surface area (Å²) in [5.41, 5.74) is 6.04. The van der Waals surface area contributed by atoms with Crippen LogP contribution in [0.15, 0.2) is 11.4 Å². The van der Waals surface area contributed by atoms with Crippen molar-refractivity contribution in [3.63, 3.8) is 0 Å². The Morgan fingerprint density at radius 2 is 2.33 bits per heavy atom. The first-order valence-corrected chi connectivity index (χ1v) is 6.68. The summed E-state index contributed by atoms with van der Waals surface area (Å²) in [6.45, 7) is 4.41. The van der Waals surface area contributed by atoms with Gasteiger partial charge in [-0.25, -0.2) is 0 Å². The molecule has 1 heterocycles. The second-order valence-corrected chi connectivity index (χ2v) is 4.90. The van der Waals surface area contributed by atoms with Crippen molar-refractivity contribution in [1.82, 2.24) is 4.90 Å². The van der Waals surface area contributed by atoms with E-state index in [2.05, 4.69) is 11.8 Å². The smallest absolute Gasteiger partial charge is 0.265 e. The van der Waals surface area contributed by atoms with Gasteiger partial charge in [0.05, 0.1) is 13.2 Å². The van der Waals surface area contributed by atoms with Crippen molar-refractivity contribution in [2.24, 2.45) is 5.73 Å². The summed E-state index contributed by atoms with van der Waals surface area (Å²) in [6.07, 6.45) is 0. The van der Waals surface area contributed by atoms with Gasteiger partial charge in [-0.2, -0.15) is 0 Å². The van der Waals surface area contributed by atoms with Crippen LogP contribution in [-0.2, 0) is 0 Å². The van der Waals surface area contributed by atoms with Crippen LogP contribution < -0.4 is 5.73 Å². The average molecular weight is 266 g/mol. The summed E-state index contributed by atoms with van der Waals surface area (Å²) >= 11 is 1.36. The Labute approximate surface area is 111 Å². The van der Waals surface area contributed by atoms with Gasteiger partial charge in [-0.1, -0.05) is 11.8 Å². The third kappa shape index (κ3) is 3.57. The first kappa shape index (κ1) is 14.7. The summed E-state index contributed by atoms with van der Waals surface area (Å²) < 4.78 is 0. The molecule has 0 bridgehead atoms. The predicted octanol–water partition coefficient (Wildman–Crippen LogP) is 0.901. The van der Waals surface area contributed by atoms with Crippen LogP contribution in [-0.4, -0.2) is 41.7 Å². The van der Waals surface area contributed by atoms with E-state index in [1.807, 2.05) is 25.3 Å². The molecule has 5 heteroatoms. The molecule has 0 unspecified atom stereocenters. The van der Waals surface area contributed by atoms with E-state index in [0.29, 0.717) is 17.0 Å². The number of amides is 1. The Kier molecular flexibility index (Phi) is 5.86. The van der Waals surface area contributed by atoms with Crippen LogP contribution in [0.1, 0.15) is 29.1 Å². The molecule has 0 saturated heterocycles. The predicted molar refractivity (Wildman–Crippen MR) is 73.5 cm³/mol. The lowest BCUT2D eigenvalue weighted by atomic mass is 10.2. The molecular formula is C13H18N2O2S. The van der Waals surface area contributed by atoms with Gasteiger partial charge in [0.25, 0.3) is 5.91 Å². The molecule has 1 amide bonds. The zero-order chi connectivity index (χ0) is 13.5. The number of hydrogen-bond donors (Lipinski definition) is 2. The molecule has 0 spiro atoms. The minimum Gasteiger partial charge on any atom is -0.395 e. The Hall–Kier alpha value is -1.35. The molecule has 4 nitrogen and oxygen atoms in total. The summed E-state index contributed by atoms with van der Waals surface area (Å²) in [7, 11) is 0. The second-order valence-electron chi connectivity index (χ2n) is 3.99. The van der Waals surface area contributed by atoms with Crippen molar-refractivity contribution in [2.75, 3.05) is 19.7 Å². The van der Waals surface area contributed by atoms with E-state index in [1.165, 1.54) is 11.3 Å². The van der Waals surface area contributed by atoms with E-state index in [9.17, 15) is 4.79 Å². The molecule has 0 aliphatic rings. The maximum Gasteiger partial charge on any atom is 0.265 e. The molecule has 1 aromatic rings. The Balaban J connectivity index is 2.98. The molecule has 98 valence electrons. The summed E-state index contributed by atoms with van der Waals surface area (Å²) in [5, 5.41) is 10.8. The third-order valence-electron chi connectivity index (χ3n) is 2.41. The van der Waals surface area contributed by atoms with Gasteiger partial charge in [0.2, 0.25) is 0 Å². The highest BCUT2D eigenvalue weighted by atomic mass is 32.1. The molecule has 1 aromatic heterocycles. The van der Waals surface area contributed by atoms with E-state index in [1.54, 1.807) is 4.90 Å². The largest absolute Gasteiger partial charge is 0.395 e. The zero-order valence-corrected chi connectivity index (χ0v) is 11.5. The van der Waals surface area contributed by atoms with Crippen LogP contribution in [0, 0.1) is 11.8 Å². The molecule has 1 rings (SSSR count). The molecule has 0 aliphatic heterocycles. The summed E-state index contributed by atoms with van der Waals surface area (Å²) in [4.78, 5) is 14.6. The Morgan fingerprint density at radius 3 is 2.89 bits per heavy atom. The van der Waals surface area contributed by atoms with Gasteiger partial charge in [0.15, 0.2) is 0 Å². The van der Waals surface area contributed by atoms with E-state index < -0.39 is 0 Å². The molecule has 3 N–H and O–H groups in total. The van der Waals surface area contributed by atoms with Crippen LogP contribution in [0.4, 0.5) is 0 Å². The van der Waals surface area contributed by atoms with Crippen molar-refractivity contribution in [1.29, 1.82) is 0 Å². The van der Waals surface area contributed by atoms with Crippen molar-refractivity contribution in [2.45, 2.75) is 19.9 Å². The lowest BCUT2D eigenvalue weighted by Gasteiger charge is -2.25. The number of carbonyl (C=O) groups is 1. The fourth-order valence-electron chi connectivity index (χ4n) is 1.55. The first-order chi connectivity index (χ1) is 8.61. The van der Waals surface area contributed by atoms with Gasteiger partial charge in [-0.15, -0.1) is 11.3 Å². The van der Waals surface area contributed by atoms with Crippen molar-refractivity contribution in [3.05, 3.63) is 21.9 Å². The van der Waals surface area contributed by atoms with Gasteiger partial charge in [-0.3, -0.25) is 4.79 Å². The molecular weight excluding hydrogens is 248 g/mol. The van der Waals surface area contributed by atoms with E-state index in [-0.39, 0.29) is 25.1 Å². The number of nitrogens with zero attached hydrogens (tertiary/aromatic N) is 1. The minimum atomic E-state index is -0.0876. The third-order valence-corrected chi connectivity index (χ3v) is 3.31. The highest BCUT2D eigenvalue weighted by molar-refractivity contribution is 7.12. The average Bonchev–Trinajstić information content (AvgIpc) is 2.80. The molecule has 0 saturated carbocycles. The van der Waals surface area contributed by atoms with Crippen LogP contribution in [0.25, 0.3) is 0 Å². The van der Waals surface area contributed by atoms with Crippen molar-refractivity contribution in [3.8, 4) is 11.8 Å². The molecule has 18 heavy (non-hydrogen) atoms. The second kappa shape index (κ2) is 7.17. The van der Waals surface area contributed by atoms with Gasteiger partial charge in [-0.05, 0) is 25.3 Å². The van der Waals surface area contributed by atoms with E-state index >= 15 is 0 Å². The highest BCUT2D eigenvalue weighted by Gasteiger charge is 2.21. The van der Waals surface area contributed by atoms with Gasteiger partial charge in [0.1, 0.15) is 4.88 Å². The molecule has 0 atom stereocenters. The van der Waals surface area contributed by atoms with E-state index in [0.717, 1.165) is 0 Å². The number of rotatable bonds is 4.